The van der Waals surface area contributed by atoms with Crippen molar-refractivity contribution in [2.75, 3.05) is 19.7 Å². The molecule has 0 aromatic carbocycles. The van der Waals surface area contributed by atoms with Crippen LogP contribution in [0.3, 0.4) is 0 Å². The van der Waals surface area contributed by atoms with Gasteiger partial charge in [-0.15, -0.1) is 23.2 Å². The van der Waals surface area contributed by atoms with Crippen LogP contribution in [-0.4, -0.2) is 39.9 Å². The van der Waals surface area contributed by atoms with Crippen LogP contribution in [0.1, 0.15) is 26.2 Å². The summed E-state index contributed by atoms with van der Waals surface area (Å²) < 4.78 is -0.893. The second-order valence-corrected chi connectivity index (χ2v) is 6.64. The first kappa shape index (κ1) is 12.5. The number of amides is 1. The molecule has 2 atom stereocenters. The van der Waals surface area contributed by atoms with E-state index in [1.807, 2.05) is 6.92 Å². The fourth-order valence-corrected chi connectivity index (χ4v) is 3.08. The number of aliphatic hydroxyl groups is 1. The Labute approximate surface area is 106 Å². The summed E-state index contributed by atoms with van der Waals surface area (Å²) in [5, 5.41) is 9.12. The molecule has 0 aromatic heterocycles. The number of carbonyl (C=O) groups is 1. The van der Waals surface area contributed by atoms with Gasteiger partial charge in [0.15, 0.2) is 0 Å². The Morgan fingerprint density at radius 3 is 2.69 bits per heavy atom. The molecule has 1 saturated heterocycles. The Balaban J connectivity index is 2.01. The number of alkyl halides is 2. The first-order valence-electron chi connectivity index (χ1n) is 5.69. The van der Waals surface area contributed by atoms with Crippen molar-refractivity contribution >= 4 is 29.1 Å². The number of hydrogen-bond donors (Lipinski definition) is 1. The van der Waals surface area contributed by atoms with E-state index in [1.165, 1.54) is 0 Å². The summed E-state index contributed by atoms with van der Waals surface area (Å²) >= 11 is 12.0. The number of nitrogens with zero attached hydrogens (tertiary/aromatic N) is 1. The maximum atomic E-state index is 12.2. The maximum absolute atomic E-state index is 12.2. The van der Waals surface area contributed by atoms with Crippen molar-refractivity contribution in [3.63, 3.8) is 0 Å². The number of carbonyl (C=O) groups excluding carboxylic acids is 1. The third-order valence-corrected chi connectivity index (χ3v) is 4.90. The van der Waals surface area contributed by atoms with Crippen molar-refractivity contribution in [1.82, 2.24) is 4.90 Å². The molecule has 2 rings (SSSR count). The van der Waals surface area contributed by atoms with Crippen LogP contribution in [0.15, 0.2) is 0 Å². The van der Waals surface area contributed by atoms with Crippen LogP contribution in [0.25, 0.3) is 0 Å². The predicted molar refractivity (Wildman–Crippen MR) is 63.6 cm³/mol. The normalized spacial score (nSPS) is 37.2. The zero-order chi connectivity index (χ0) is 12.0. The van der Waals surface area contributed by atoms with E-state index in [-0.39, 0.29) is 18.4 Å². The van der Waals surface area contributed by atoms with E-state index in [0.717, 1.165) is 19.4 Å². The lowest BCUT2D eigenvalue weighted by Gasteiger charge is -2.34. The number of aliphatic hydroxyl groups excluding tert-OH is 1. The Morgan fingerprint density at radius 2 is 2.19 bits per heavy atom. The first-order valence-corrected chi connectivity index (χ1v) is 6.44. The van der Waals surface area contributed by atoms with E-state index in [9.17, 15) is 4.79 Å². The molecule has 2 aliphatic rings. The zero-order valence-corrected chi connectivity index (χ0v) is 10.9. The lowest BCUT2D eigenvalue weighted by atomic mass is 9.97. The van der Waals surface area contributed by atoms with Crippen LogP contribution in [0.2, 0.25) is 0 Å². The summed E-state index contributed by atoms with van der Waals surface area (Å²) in [6.07, 6.45) is 2.47. The monoisotopic (exact) mass is 265 g/mol. The maximum Gasteiger partial charge on any atom is 0.231 e. The highest BCUT2D eigenvalue weighted by Crippen LogP contribution is 2.64. The summed E-state index contributed by atoms with van der Waals surface area (Å²) in [6, 6.07) is 0. The van der Waals surface area contributed by atoms with Crippen LogP contribution in [0.5, 0.6) is 0 Å². The van der Waals surface area contributed by atoms with E-state index in [1.54, 1.807) is 4.90 Å². The van der Waals surface area contributed by atoms with Crippen LogP contribution in [-0.2, 0) is 4.79 Å². The van der Waals surface area contributed by atoms with Crippen molar-refractivity contribution in [1.29, 1.82) is 0 Å². The first-order chi connectivity index (χ1) is 7.40. The molecule has 1 amide bonds. The highest BCUT2D eigenvalue weighted by atomic mass is 35.5. The summed E-state index contributed by atoms with van der Waals surface area (Å²) in [5.74, 6) is 0.246. The van der Waals surface area contributed by atoms with E-state index >= 15 is 0 Å². The average Bonchev–Trinajstić information content (AvgIpc) is 2.78. The number of piperidine rings is 1. The van der Waals surface area contributed by atoms with Crippen molar-refractivity contribution in [3.05, 3.63) is 0 Å². The number of likely N-dealkylation sites (tertiary alicyclic amines) is 1. The standard InChI is InChI=1S/C11H17Cl2NO2/c1-10(7-11(10,12)13)9(16)14-4-2-3-8(5-14)6-15/h8,15H,2-7H2,1H3. The minimum absolute atomic E-state index is 0.0376. The highest BCUT2D eigenvalue weighted by molar-refractivity contribution is 6.53. The molecular weight excluding hydrogens is 249 g/mol. The summed E-state index contributed by atoms with van der Waals surface area (Å²) in [4.78, 5) is 14.0. The quantitative estimate of drug-likeness (QED) is 0.774. The summed E-state index contributed by atoms with van der Waals surface area (Å²) in [7, 11) is 0. The van der Waals surface area contributed by atoms with Crippen molar-refractivity contribution in [2.24, 2.45) is 11.3 Å². The van der Waals surface area contributed by atoms with Crippen LogP contribution >= 0.6 is 23.2 Å². The fourth-order valence-electron chi connectivity index (χ4n) is 2.38. The van der Waals surface area contributed by atoms with E-state index in [4.69, 9.17) is 28.3 Å². The molecule has 2 fully saturated rings. The second kappa shape index (κ2) is 4.04. The molecule has 1 N–H and O–H groups in total. The van der Waals surface area contributed by atoms with Crippen molar-refractivity contribution in [2.45, 2.75) is 30.5 Å². The van der Waals surface area contributed by atoms with Gasteiger partial charge in [-0.1, -0.05) is 0 Å². The topological polar surface area (TPSA) is 40.5 Å². The summed E-state index contributed by atoms with van der Waals surface area (Å²) in [6.45, 7) is 3.36. The smallest absolute Gasteiger partial charge is 0.231 e. The minimum Gasteiger partial charge on any atom is -0.396 e. The third-order valence-electron chi connectivity index (χ3n) is 3.79. The van der Waals surface area contributed by atoms with Gasteiger partial charge >= 0.3 is 0 Å². The van der Waals surface area contributed by atoms with Crippen molar-refractivity contribution < 1.29 is 9.90 Å². The SMILES string of the molecule is CC1(C(=O)N2CCCC(CO)C2)CC1(Cl)Cl. The van der Waals surface area contributed by atoms with Gasteiger partial charge in [0, 0.05) is 19.7 Å². The largest absolute Gasteiger partial charge is 0.396 e. The molecule has 0 spiro atoms. The second-order valence-electron chi connectivity index (χ2n) is 5.16. The third kappa shape index (κ3) is 1.93. The van der Waals surface area contributed by atoms with E-state index < -0.39 is 9.75 Å². The molecule has 16 heavy (non-hydrogen) atoms. The van der Waals surface area contributed by atoms with Crippen LogP contribution < -0.4 is 0 Å². The van der Waals surface area contributed by atoms with Gasteiger partial charge in [-0.3, -0.25) is 4.79 Å². The van der Waals surface area contributed by atoms with Gasteiger partial charge in [0.2, 0.25) is 5.91 Å². The molecule has 1 heterocycles. The lowest BCUT2D eigenvalue weighted by Crippen LogP contribution is -2.45. The Kier molecular flexibility index (Phi) is 3.15. The van der Waals surface area contributed by atoms with Gasteiger partial charge in [0.1, 0.15) is 4.33 Å². The summed E-state index contributed by atoms with van der Waals surface area (Å²) in [5.41, 5.74) is -0.618. The molecule has 1 aliphatic heterocycles. The molecule has 0 bridgehead atoms. The Bertz CT molecular complexity index is 308. The molecule has 0 aromatic rings. The number of hydrogen-bond acceptors (Lipinski definition) is 2. The molecule has 92 valence electrons. The molecule has 1 aliphatic carbocycles. The van der Waals surface area contributed by atoms with Crippen LogP contribution in [0, 0.1) is 11.3 Å². The molecular formula is C11H17Cl2NO2. The van der Waals surface area contributed by atoms with Gasteiger partial charge < -0.3 is 10.0 Å². The zero-order valence-electron chi connectivity index (χ0n) is 9.38. The van der Waals surface area contributed by atoms with Gasteiger partial charge in [0.25, 0.3) is 0 Å². The predicted octanol–water partition coefficient (Wildman–Crippen LogP) is 1.80. The van der Waals surface area contributed by atoms with Crippen LogP contribution in [0.4, 0.5) is 0 Å². The molecule has 5 heteroatoms. The Morgan fingerprint density at radius 1 is 1.56 bits per heavy atom. The number of rotatable bonds is 2. The minimum atomic E-state index is -0.893. The van der Waals surface area contributed by atoms with Crippen molar-refractivity contribution in [3.8, 4) is 0 Å². The van der Waals surface area contributed by atoms with Gasteiger partial charge in [-0.05, 0) is 32.1 Å². The number of halogens is 2. The lowest BCUT2D eigenvalue weighted by molar-refractivity contribution is -0.138. The molecule has 0 radical (unpaired) electrons. The molecule has 2 unspecified atom stereocenters. The molecule has 1 saturated carbocycles. The fraction of sp³-hybridized carbons (Fsp3) is 0.909. The Hall–Kier alpha value is 0.01000. The van der Waals surface area contributed by atoms with Gasteiger partial charge in [-0.2, -0.15) is 0 Å². The van der Waals surface area contributed by atoms with Gasteiger partial charge in [0.05, 0.1) is 5.41 Å². The van der Waals surface area contributed by atoms with Gasteiger partial charge in [-0.25, -0.2) is 0 Å². The van der Waals surface area contributed by atoms with E-state index in [2.05, 4.69) is 0 Å². The highest BCUT2D eigenvalue weighted by Gasteiger charge is 2.68. The van der Waals surface area contributed by atoms with E-state index in [0.29, 0.717) is 13.0 Å². The molecule has 3 nitrogen and oxygen atoms in total. The average molecular weight is 266 g/mol.